The Morgan fingerprint density at radius 1 is 1.43 bits per heavy atom. The Balaban J connectivity index is 3.03. The van der Waals surface area contributed by atoms with Crippen molar-refractivity contribution < 1.29 is 29.5 Å². The highest BCUT2D eigenvalue weighted by Crippen LogP contribution is 1.93. The lowest BCUT2D eigenvalue weighted by molar-refractivity contribution is -0.234. The Morgan fingerprint density at radius 3 is 2.71 bits per heavy atom. The van der Waals surface area contributed by atoms with E-state index in [1.807, 2.05) is 0 Å². The summed E-state index contributed by atoms with van der Waals surface area (Å²) in [5.41, 5.74) is 0. The number of ether oxygens (including phenoxy) is 2. The average Bonchev–Trinajstić information content (AvgIpc) is 2.15. The Bertz CT molecular complexity index is 147. The van der Waals surface area contributed by atoms with Gasteiger partial charge in [0.2, 0.25) is 0 Å². The van der Waals surface area contributed by atoms with E-state index in [1.54, 1.807) is 6.92 Å². The quantitative estimate of drug-likeness (QED) is 0.256. The third-order valence-electron chi connectivity index (χ3n) is 1.30. The molecule has 14 heavy (non-hydrogen) atoms. The van der Waals surface area contributed by atoms with Gasteiger partial charge >= 0.3 is 5.97 Å². The van der Waals surface area contributed by atoms with E-state index in [1.165, 1.54) is 0 Å². The van der Waals surface area contributed by atoms with Crippen LogP contribution >= 0.6 is 0 Å². The third-order valence-corrected chi connectivity index (χ3v) is 1.30. The van der Waals surface area contributed by atoms with Crippen molar-refractivity contribution in [3.63, 3.8) is 0 Å². The van der Waals surface area contributed by atoms with Crippen LogP contribution in [0.1, 0.15) is 19.8 Å². The fourth-order valence-electron chi connectivity index (χ4n) is 0.701. The van der Waals surface area contributed by atoms with Gasteiger partial charge in [0.05, 0.1) is 19.1 Å². The molecule has 0 unspecified atom stereocenters. The van der Waals surface area contributed by atoms with Gasteiger partial charge < -0.3 is 19.5 Å². The molecule has 2 N–H and O–H groups in total. The average molecular weight is 208 g/mol. The first-order valence-corrected chi connectivity index (χ1v) is 4.34. The lowest BCUT2D eigenvalue weighted by Gasteiger charge is -2.06. The molecule has 0 aliphatic rings. The highest BCUT2D eigenvalue weighted by Gasteiger charge is 2.01. The number of carbonyl (C=O) groups excluding carboxylic acids is 1. The first-order chi connectivity index (χ1) is 6.66. The van der Waals surface area contributed by atoms with Crippen LogP contribution in [0.5, 0.6) is 0 Å². The largest absolute Gasteiger partial charge is 0.391 e. The van der Waals surface area contributed by atoms with Crippen molar-refractivity contribution in [2.24, 2.45) is 0 Å². The highest BCUT2D eigenvalue weighted by molar-refractivity contribution is 5.68. The van der Waals surface area contributed by atoms with Crippen molar-refractivity contribution in [2.45, 2.75) is 25.9 Å². The van der Waals surface area contributed by atoms with Crippen LogP contribution in [0.4, 0.5) is 0 Å². The Kier molecular flexibility index (Phi) is 8.45. The predicted molar refractivity (Wildman–Crippen MR) is 46.4 cm³/mol. The smallest absolute Gasteiger partial charge is 0.342 e. The minimum Gasteiger partial charge on any atom is -0.391 e. The summed E-state index contributed by atoms with van der Waals surface area (Å²) in [5.74, 6) is -0.682. The van der Waals surface area contributed by atoms with Crippen LogP contribution < -0.4 is 0 Å². The zero-order valence-electron chi connectivity index (χ0n) is 8.14. The molecular weight excluding hydrogens is 192 g/mol. The van der Waals surface area contributed by atoms with E-state index in [-0.39, 0.29) is 19.8 Å². The van der Waals surface area contributed by atoms with E-state index in [4.69, 9.17) is 19.8 Å². The summed E-state index contributed by atoms with van der Waals surface area (Å²) in [6.45, 7) is 2.25. The van der Waals surface area contributed by atoms with Gasteiger partial charge in [0.1, 0.15) is 6.79 Å². The Labute approximate surface area is 82.3 Å². The molecule has 0 aromatic carbocycles. The molecule has 0 aliphatic carbocycles. The van der Waals surface area contributed by atoms with Gasteiger partial charge in [0.25, 0.3) is 0 Å². The van der Waals surface area contributed by atoms with Crippen molar-refractivity contribution in [3.8, 4) is 0 Å². The van der Waals surface area contributed by atoms with Gasteiger partial charge in [-0.15, -0.1) is 0 Å². The molecule has 0 heterocycles. The highest BCUT2D eigenvalue weighted by atomic mass is 17.1. The number of aliphatic hydroxyl groups is 1. The van der Waals surface area contributed by atoms with Crippen LogP contribution in [0, 0.1) is 0 Å². The van der Waals surface area contributed by atoms with E-state index >= 15 is 0 Å². The lowest BCUT2D eigenvalue weighted by atomic mass is 10.3. The third kappa shape index (κ3) is 9.40. The van der Waals surface area contributed by atoms with Gasteiger partial charge in [-0.2, -0.15) is 5.26 Å². The maximum atomic E-state index is 10.4. The molecule has 1 atom stereocenters. The van der Waals surface area contributed by atoms with Crippen molar-refractivity contribution >= 4 is 5.97 Å². The molecule has 6 nitrogen and oxygen atoms in total. The molecule has 6 heteroatoms. The van der Waals surface area contributed by atoms with Crippen LogP contribution in [-0.4, -0.2) is 42.4 Å². The van der Waals surface area contributed by atoms with Crippen molar-refractivity contribution in [3.05, 3.63) is 0 Å². The molecule has 0 fully saturated rings. The monoisotopic (exact) mass is 208 g/mol. The van der Waals surface area contributed by atoms with Gasteiger partial charge in [-0.25, -0.2) is 4.79 Å². The second kappa shape index (κ2) is 8.89. The maximum absolute atomic E-state index is 10.4. The number of hydrogen-bond donors (Lipinski definition) is 2. The van der Waals surface area contributed by atoms with Gasteiger partial charge in [-0.1, -0.05) is 0 Å². The van der Waals surface area contributed by atoms with E-state index in [9.17, 15) is 4.79 Å². The molecule has 0 saturated heterocycles. The molecule has 0 radical (unpaired) electrons. The summed E-state index contributed by atoms with van der Waals surface area (Å²) in [4.78, 5) is 13.8. The summed E-state index contributed by atoms with van der Waals surface area (Å²) in [6, 6.07) is 0. The normalized spacial score (nSPS) is 12.5. The van der Waals surface area contributed by atoms with Crippen LogP contribution in [-0.2, 0) is 19.2 Å². The van der Waals surface area contributed by atoms with E-state index in [0.717, 1.165) is 0 Å². The first kappa shape index (κ1) is 13.3. The van der Waals surface area contributed by atoms with Crippen LogP contribution in [0.2, 0.25) is 0 Å². The van der Waals surface area contributed by atoms with Gasteiger partial charge in [-0.05, 0) is 13.3 Å². The topological polar surface area (TPSA) is 85.2 Å². The zero-order chi connectivity index (χ0) is 10.8. The number of hydrogen-bond acceptors (Lipinski definition) is 6. The predicted octanol–water partition coefficient (Wildman–Crippen LogP) is 0.154. The summed E-state index contributed by atoms with van der Waals surface area (Å²) in [7, 11) is 0. The summed E-state index contributed by atoms with van der Waals surface area (Å²) in [5, 5.41) is 16.7. The minimum atomic E-state index is -0.682. The standard InChI is InChI=1S/C8H16O6/c1-7(9)5-13-6-12-4-2-3-8(10)14-11/h7,9,11H,2-6H2,1H3/t7-/m0/s1. The number of aliphatic hydroxyl groups excluding tert-OH is 1. The summed E-state index contributed by atoms with van der Waals surface area (Å²) >= 11 is 0. The molecule has 0 aromatic rings. The lowest BCUT2D eigenvalue weighted by Crippen LogP contribution is -2.13. The van der Waals surface area contributed by atoms with Gasteiger partial charge in [0, 0.05) is 6.61 Å². The second-order valence-corrected chi connectivity index (χ2v) is 2.81. The van der Waals surface area contributed by atoms with Crippen molar-refractivity contribution in [1.82, 2.24) is 0 Å². The SMILES string of the molecule is C[C@H](O)COCOCCCC(=O)OO. The van der Waals surface area contributed by atoms with Crippen LogP contribution in [0.25, 0.3) is 0 Å². The van der Waals surface area contributed by atoms with E-state index in [0.29, 0.717) is 13.0 Å². The molecule has 84 valence electrons. The molecule has 0 saturated carbocycles. The van der Waals surface area contributed by atoms with E-state index < -0.39 is 12.1 Å². The first-order valence-electron chi connectivity index (χ1n) is 4.34. The molecule has 0 amide bonds. The van der Waals surface area contributed by atoms with Crippen LogP contribution in [0.15, 0.2) is 0 Å². The molecule has 0 spiro atoms. The number of carbonyl (C=O) groups is 1. The zero-order valence-corrected chi connectivity index (χ0v) is 8.14. The van der Waals surface area contributed by atoms with Gasteiger partial charge in [0.15, 0.2) is 0 Å². The minimum absolute atomic E-state index is 0.0824. The summed E-state index contributed by atoms with van der Waals surface area (Å²) in [6.07, 6.45) is 0.0487. The fraction of sp³-hybridized carbons (Fsp3) is 0.875. The van der Waals surface area contributed by atoms with E-state index in [2.05, 4.69) is 4.89 Å². The van der Waals surface area contributed by atoms with Crippen molar-refractivity contribution in [2.75, 3.05) is 20.0 Å². The van der Waals surface area contributed by atoms with Crippen molar-refractivity contribution in [1.29, 1.82) is 0 Å². The molecular formula is C8H16O6. The molecule has 0 aromatic heterocycles. The summed E-state index contributed by atoms with van der Waals surface area (Å²) < 4.78 is 9.85. The second-order valence-electron chi connectivity index (χ2n) is 2.81. The number of rotatable bonds is 8. The molecule has 0 aliphatic heterocycles. The Morgan fingerprint density at radius 2 is 2.14 bits per heavy atom. The molecule has 0 rings (SSSR count). The fourth-order valence-corrected chi connectivity index (χ4v) is 0.701. The molecule has 0 bridgehead atoms. The van der Waals surface area contributed by atoms with Crippen LogP contribution in [0.3, 0.4) is 0 Å². The Hall–Kier alpha value is -0.690. The maximum Gasteiger partial charge on any atom is 0.342 e. The van der Waals surface area contributed by atoms with Gasteiger partial charge in [-0.3, -0.25) is 0 Å².